The number of carbonyl (C=O) groups is 1. The van der Waals surface area contributed by atoms with E-state index < -0.39 is 0 Å². The minimum absolute atomic E-state index is 0.350. The fourth-order valence-electron chi connectivity index (χ4n) is 1.67. The first kappa shape index (κ1) is 17.3. The molecular weight excluding hydrogens is 270 g/mol. The average Bonchev–Trinajstić information content (AvgIpc) is 2.44. The Balaban J connectivity index is 2.37. The molecule has 0 radical (unpaired) electrons. The van der Waals surface area contributed by atoms with E-state index in [0.717, 1.165) is 12.2 Å². The molecule has 0 aliphatic carbocycles. The Labute approximate surface area is 126 Å². The van der Waals surface area contributed by atoms with Gasteiger partial charge < -0.3 is 25.4 Å². The van der Waals surface area contributed by atoms with Crippen LogP contribution >= 0.6 is 0 Å². The largest absolute Gasteiger partial charge is 0.462 e. The van der Waals surface area contributed by atoms with Crippen molar-refractivity contribution in [2.75, 3.05) is 58.1 Å². The number of hydrogen-bond donors (Lipinski definition) is 2. The van der Waals surface area contributed by atoms with Crippen LogP contribution in [0.25, 0.3) is 0 Å². The first-order chi connectivity index (χ1) is 10.0. The normalized spacial score (nSPS) is 10.7. The molecule has 0 unspecified atom stereocenters. The molecule has 0 bridgehead atoms. The van der Waals surface area contributed by atoms with Crippen LogP contribution in [0.15, 0.2) is 18.2 Å². The third-order valence-electron chi connectivity index (χ3n) is 2.81. The Kier molecular flexibility index (Phi) is 7.56. The van der Waals surface area contributed by atoms with Gasteiger partial charge in [-0.15, -0.1) is 0 Å². The molecule has 0 fully saturated rings. The monoisotopic (exact) mass is 295 g/mol. The van der Waals surface area contributed by atoms with Crippen LogP contribution in [0.1, 0.15) is 17.3 Å². The zero-order valence-corrected chi connectivity index (χ0v) is 13.0. The first-order valence-corrected chi connectivity index (χ1v) is 7.07. The van der Waals surface area contributed by atoms with E-state index in [2.05, 4.69) is 10.2 Å². The van der Waals surface area contributed by atoms with E-state index in [-0.39, 0.29) is 5.97 Å². The van der Waals surface area contributed by atoms with Gasteiger partial charge >= 0.3 is 5.97 Å². The molecule has 0 atom stereocenters. The third kappa shape index (κ3) is 6.46. The number of benzene rings is 1. The van der Waals surface area contributed by atoms with Gasteiger partial charge in [-0.25, -0.2) is 4.79 Å². The number of carbonyl (C=O) groups excluding carboxylic acids is 1. The number of nitrogen functional groups attached to an aromatic ring is 1. The summed E-state index contributed by atoms with van der Waals surface area (Å²) < 4.78 is 10.4. The predicted octanol–water partition coefficient (Wildman–Crippen LogP) is 1.44. The number of hydrogen-bond acceptors (Lipinski definition) is 6. The Bertz CT molecular complexity index is 450. The number of nitrogens with zero attached hydrogens (tertiary/aromatic N) is 1. The lowest BCUT2D eigenvalue weighted by Crippen LogP contribution is -2.20. The summed E-state index contributed by atoms with van der Waals surface area (Å²) in [5.74, 6) is -0.359. The second kappa shape index (κ2) is 9.20. The summed E-state index contributed by atoms with van der Waals surface area (Å²) in [6.07, 6.45) is 0. The first-order valence-electron chi connectivity index (χ1n) is 7.07. The molecule has 0 aliphatic rings. The highest BCUT2D eigenvalue weighted by atomic mass is 16.5. The molecule has 3 N–H and O–H groups in total. The summed E-state index contributed by atoms with van der Waals surface area (Å²) in [7, 11) is 4.01. The van der Waals surface area contributed by atoms with E-state index in [1.54, 1.807) is 25.1 Å². The van der Waals surface area contributed by atoms with Crippen molar-refractivity contribution in [3.8, 4) is 0 Å². The van der Waals surface area contributed by atoms with Crippen LogP contribution in [0.3, 0.4) is 0 Å². The molecule has 6 heteroatoms. The molecule has 0 amide bonds. The van der Waals surface area contributed by atoms with Crippen molar-refractivity contribution >= 4 is 17.3 Å². The molecule has 118 valence electrons. The summed E-state index contributed by atoms with van der Waals surface area (Å²) in [4.78, 5) is 13.6. The van der Waals surface area contributed by atoms with E-state index >= 15 is 0 Å². The predicted molar refractivity (Wildman–Crippen MR) is 84.7 cm³/mol. The lowest BCUT2D eigenvalue weighted by atomic mass is 10.1. The highest BCUT2D eigenvalue weighted by molar-refractivity contribution is 5.91. The molecule has 6 nitrogen and oxygen atoms in total. The number of nitrogens with one attached hydrogen (secondary N) is 1. The quantitative estimate of drug-likeness (QED) is 0.408. The van der Waals surface area contributed by atoms with Gasteiger partial charge in [-0.1, -0.05) is 0 Å². The van der Waals surface area contributed by atoms with Gasteiger partial charge in [0.25, 0.3) is 0 Å². The molecule has 0 saturated heterocycles. The van der Waals surface area contributed by atoms with Gasteiger partial charge in [-0.3, -0.25) is 0 Å². The van der Waals surface area contributed by atoms with E-state index in [9.17, 15) is 4.79 Å². The summed E-state index contributed by atoms with van der Waals surface area (Å²) in [5, 5.41) is 3.18. The smallest absolute Gasteiger partial charge is 0.338 e. The minimum Gasteiger partial charge on any atom is -0.462 e. The SMILES string of the molecule is CCOC(=O)c1ccc(NCCOCCN(C)C)c(N)c1. The molecule has 1 aromatic rings. The molecule has 0 aliphatic heterocycles. The van der Waals surface area contributed by atoms with Crippen LogP contribution in [-0.2, 0) is 9.47 Å². The fraction of sp³-hybridized carbons (Fsp3) is 0.533. The number of ether oxygens (including phenoxy) is 2. The third-order valence-corrected chi connectivity index (χ3v) is 2.81. The zero-order valence-electron chi connectivity index (χ0n) is 13.0. The van der Waals surface area contributed by atoms with Crippen molar-refractivity contribution < 1.29 is 14.3 Å². The van der Waals surface area contributed by atoms with Crippen molar-refractivity contribution in [1.29, 1.82) is 0 Å². The van der Waals surface area contributed by atoms with Gasteiger partial charge in [0.05, 0.1) is 36.8 Å². The lowest BCUT2D eigenvalue weighted by molar-refractivity contribution is 0.0526. The van der Waals surface area contributed by atoms with Gasteiger partial charge in [0.1, 0.15) is 0 Å². The number of likely N-dealkylation sites (N-methyl/N-ethyl adjacent to an activating group) is 1. The van der Waals surface area contributed by atoms with Gasteiger partial charge in [-0.05, 0) is 39.2 Å². The summed E-state index contributed by atoms with van der Waals surface area (Å²) in [6, 6.07) is 5.10. The number of esters is 1. The van der Waals surface area contributed by atoms with Crippen LogP contribution in [0.4, 0.5) is 11.4 Å². The fourth-order valence-corrected chi connectivity index (χ4v) is 1.67. The van der Waals surface area contributed by atoms with Crippen LogP contribution in [0.5, 0.6) is 0 Å². The van der Waals surface area contributed by atoms with Crippen LogP contribution < -0.4 is 11.1 Å². The molecule has 0 saturated carbocycles. The van der Waals surface area contributed by atoms with Crippen LogP contribution in [0, 0.1) is 0 Å². The van der Waals surface area contributed by atoms with Gasteiger partial charge in [0.15, 0.2) is 0 Å². The second-order valence-electron chi connectivity index (χ2n) is 4.86. The van der Waals surface area contributed by atoms with Crippen LogP contribution in [-0.4, -0.2) is 57.9 Å². The molecule has 1 aromatic carbocycles. The summed E-state index contributed by atoms with van der Waals surface area (Å²) in [6.45, 7) is 4.99. The Morgan fingerprint density at radius 3 is 2.71 bits per heavy atom. The van der Waals surface area contributed by atoms with Crippen molar-refractivity contribution in [1.82, 2.24) is 4.90 Å². The molecule has 21 heavy (non-hydrogen) atoms. The van der Waals surface area contributed by atoms with Crippen LogP contribution in [0.2, 0.25) is 0 Å². The molecule has 0 spiro atoms. The standard InChI is InChI=1S/C15H25N3O3/c1-4-21-15(19)12-5-6-14(13(16)11-12)17-7-9-20-10-8-18(2)3/h5-6,11,17H,4,7-10,16H2,1-3H3. The maximum atomic E-state index is 11.6. The van der Waals surface area contributed by atoms with Gasteiger partial charge in [0, 0.05) is 13.1 Å². The molecular formula is C15H25N3O3. The molecule has 0 aromatic heterocycles. The number of anilines is 2. The minimum atomic E-state index is -0.359. The van der Waals surface area contributed by atoms with E-state index in [1.807, 2.05) is 14.1 Å². The number of nitrogens with two attached hydrogens (primary N) is 1. The highest BCUT2D eigenvalue weighted by Gasteiger charge is 2.08. The van der Waals surface area contributed by atoms with Gasteiger partial charge in [-0.2, -0.15) is 0 Å². The molecule has 0 heterocycles. The maximum absolute atomic E-state index is 11.6. The van der Waals surface area contributed by atoms with Crippen molar-refractivity contribution in [3.63, 3.8) is 0 Å². The van der Waals surface area contributed by atoms with E-state index in [1.165, 1.54) is 0 Å². The maximum Gasteiger partial charge on any atom is 0.338 e. The van der Waals surface area contributed by atoms with Crippen molar-refractivity contribution in [3.05, 3.63) is 23.8 Å². The van der Waals surface area contributed by atoms with Gasteiger partial charge in [0.2, 0.25) is 0 Å². The van der Waals surface area contributed by atoms with E-state index in [4.69, 9.17) is 15.2 Å². The Hall–Kier alpha value is -1.79. The number of rotatable bonds is 9. The molecule has 1 rings (SSSR count). The highest BCUT2D eigenvalue weighted by Crippen LogP contribution is 2.20. The van der Waals surface area contributed by atoms with E-state index in [0.29, 0.717) is 37.6 Å². The Morgan fingerprint density at radius 2 is 2.10 bits per heavy atom. The summed E-state index contributed by atoms with van der Waals surface area (Å²) in [5.41, 5.74) is 7.69. The second-order valence-corrected chi connectivity index (χ2v) is 4.86. The lowest BCUT2D eigenvalue weighted by Gasteiger charge is -2.12. The van der Waals surface area contributed by atoms with Crippen molar-refractivity contribution in [2.24, 2.45) is 0 Å². The topological polar surface area (TPSA) is 76.8 Å². The summed E-state index contributed by atoms with van der Waals surface area (Å²) >= 11 is 0. The Morgan fingerprint density at radius 1 is 1.33 bits per heavy atom. The van der Waals surface area contributed by atoms with Crippen molar-refractivity contribution in [2.45, 2.75) is 6.92 Å². The zero-order chi connectivity index (χ0) is 15.7. The average molecular weight is 295 g/mol.